The highest BCUT2D eigenvalue weighted by atomic mass is 16.2. The highest BCUT2D eigenvalue weighted by molar-refractivity contribution is 5.95. The Bertz CT molecular complexity index is 564. The molecule has 0 bridgehead atoms. The van der Waals surface area contributed by atoms with Crippen LogP contribution in [-0.2, 0) is 11.2 Å². The fourth-order valence-corrected chi connectivity index (χ4v) is 4.14. The van der Waals surface area contributed by atoms with Crippen LogP contribution in [0.2, 0.25) is 0 Å². The van der Waals surface area contributed by atoms with E-state index in [0.29, 0.717) is 17.8 Å². The van der Waals surface area contributed by atoms with Crippen molar-refractivity contribution in [1.82, 2.24) is 0 Å². The molecule has 1 heterocycles. The zero-order valence-corrected chi connectivity index (χ0v) is 13.4. The van der Waals surface area contributed by atoms with Gasteiger partial charge in [-0.1, -0.05) is 32.4 Å². The molecule has 3 heteroatoms. The molecule has 1 aromatic carbocycles. The van der Waals surface area contributed by atoms with Crippen LogP contribution in [0.1, 0.15) is 56.7 Å². The molecule has 0 spiro atoms. The van der Waals surface area contributed by atoms with Crippen molar-refractivity contribution in [2.75, 3.05) is 11.9 Å². The molecule has 1 saturated carbocycles. The molecule has 1 aliphatic carbocycles. The molecule has 1 aliphatic heterocycles. The molecular formula is C18H26N2O. The smallest absolute Gasteiger partial charge is 0.227 e. The second-order valence-corrected chi connectivity index (χ2v) is 7.35. The summed E-state index contributed by atoms with van der Waals surface area (Å²) in [4.78, 5) is 13.5. The maximum atomic E-state index is 11.8. The predicted molar refractivity (Wildman–Crippen MR) is 86.2 cm³/mol. The Morgan fingerprint density at radius 2 is 2.10 bits per heavy atom. The molecule has 3 nitrogen and oxygen atoms in total. The number of anilines is 1. The molecule has 2 N–H and O–H groups in total. The third-order valence-electron chi connectivity index (χ3n) is 5.61. The first kappa shape index (κ1) is 14.6. The summed E-state index contributed by atoms with van der Waals surface area (Å²) in [7, 11) is 1.86. The average Bonchev–Trinajstić information content (AvgIpc) is 2.81. The van der Waals surface area contributed by atoms with E-state index in [1.807, 2.05) is 7.05 Å². The number of aryl methyl sites for hydroxylation is 1. The summed E-state index contributed by atoms with van der Waals surface area (Å²) < 4.78 is 0. The average molecular weight is 286 g/mol. The van der Waals surface area contributed by atoms with E-state index in [-0.39, 0.29) is 11.9 Å². The van der Waals surface area contributed by atoms with E-state index in [1.165, 1.54) is 30.4 Å². The van der Waals surface area contributed by atoms with Gasteiger partial charge in [-0.15, -0.1) is 0 Å². The van der Waals surface area contributed by atoms with E-state index in [4.69, 9.17) is 5.73 Å². The first-order chi connectivity index (χ1) is 9.90. The van der Waals surface area contributed by atoms with Gasteiger partial charge in [-0.2, -0.15) is 0 Å². The van der Waals surface area contributed by atoms with Gasteiger partial charge in [0.2, 0.25) is 5.91 Å². The largest absolute Gasteiger partial charge is 0.324 e. The zero-order chi connectivity index (χ0) is 15.2. The molecule has 3 rings (SSSR count). The summed E-state index contributed by atoms with van der Waals surface area (Å²) in [6.07, 6.45) is 5.23. The molecule has 114 valence electrons. The minimum absolute atomic E-state index is 0.107. The number of nitrogens with zero attached hydrogens (tertiary/aromatic N) is 1. The Morgan fingerprint density at radius 1 is 1.33 bits per heavy atom. The summed E-state index contributed by atoms with van der Waals surface area (Å²) in [5.41, 5.74) is 10.5. The van der Waals surface area contributed by atoms with Crippen molar-refractivity contribution in [2.24, 2.45) is 17.1 Å². The summed E-state index contributed by atoms with van der Waals surface area (Å²) in [6, 6.07) is 6.53. The van der Waals surface area contributed by atoms with Crippen LogP contribution in [0.3, 0.4) is 0 Å². The van der Waals surface area contributed by atoms with Gasteiger partial charge in [0.1, 0.15) is 0 Å². The van der Waals surface area contributed by atoms with E-state index in [2.05, 4.69) is 32.0 Å². The van der Waals surface area contributed by atoms with Gasteiger partial charge in [0, 0.05) is 25.2 Å². The minimum atomic E-state index is 0.107. The lowest BCUT2D eigenvalue weighted by Crippen LogP contribution is -2.32. The predicted octanol–water partition coefficient (Wildman–Crippen LogP) is 3.42. The summed E-state index contributed by atoms with van der Waals surface area (Å²) >= 11 is 0. The van der Waals surface area contributed by atoms with E-state index in [0.717, 1.165) is 12.1 Å². The van der Waals surface area contributed by atoms with Crippen molar-refractivity contribution < 1.29 is 4.79 Å². The van der Waals surface area contributed by atoms with Crippen molar-refractivity contribution in [3.05, 3.63) is 29.3 Å². The SMILES string of the molecule is CN1C(=O)CCc2cc(C(N)C3CCCC3(C)C)ccc21. The summed E-state index contributed by atoms with van der Waals surface area (Å²) in [5.74, 6) is 0.759. The summed E-state index contributed by atoms with van der Waals surface area (Å²) in [6.45, 7) is 4.69. The van der Waals surface area contributed by atoms with Crippen LogP contribution in [0.5, 0.6) is 0 Å². The Balaban J connectivity index is 1.89. The molecule has 2 atom stereocenters. The molecule has 2 unspecified atom stereocenters. The number of rotatable bonds is 2. The third kappa shape index (κ3) is 2.48. The standard InChI is InChI=1S/C18H26N2O/c1-18(2)10-4-5-14(18)17(19)13-6-8-15-12(11-13)7-9-16(21)20(15)3/h6,8,11,14,17H,4-5,7,9-10,19H2,1-3H3. The molecule has 21 heavy (non-hydrogen) atoms. The number of carbonyl (C=O) groups is 1. The molecule has 0 saturated heterocycles. The normalized spacial score (nSPS) is 25.8. The molecular weight excluding hydrogens is 260 g/mol. The van der Waals surface area contributed by atoms with Crippen LogP contribution in [0.25, 0.3) is 0 Å². The van der Waals surface area contributed by atoms with Crippen molar-refractivity contribution in [2.45, 2.75) is 52.0 Å². The van der Waals surface area contributed by atoms with Crippen molar-refractivity contribution in [3.63, 3.8) is 0 Å². The molecule has 1 amide bonds. The van der Waals surface area contributed by atoms with E-state index in [1.54, 1.807) is 4.90 Å². The van der Waals surface area contributed by atoms with E-state index < -0.39 is 0 Å². The Hall–Kier alpha value is -1.35. The highest BCUT2D eigenvalue weighted by Crippen LogP contribution is 2.48. The number of carbonyl (C=O) groups excluding carboxylic acids is 1. The molecule has 1 fully saturated rings. The maximum absolute atomic E-state index is 11.8. The van der Waals surface area contributed by atoms with Crippen LogP contribution in [0, 0.1) is 11.3 Å². The van der Waals surface area contributed by atoms with Gasteiger partial charge in [-0.05, 0) is 47.8 Å². The van der Waals surface area contributed by atoms with Crippen LogP contribution in [0.15, 0.2) is 18.2 Å². The topological polar surface area (TPSA) is 46.3 Å². The molecule has 2 aliphatic rings. The van der Waals surface area contributed by atoms with Crippen molar-refractivity contribution in [3.8, 4) is 0 Å². The lowest BCUT2D eigenvalue weighted by atomic mass is 9.75. The van der Waals surface area contributed by atoms with Crippen LogP contribution >= 0.6 is 0 Å². The van der Waals surface area contributed by atoms with Crippen LogP contribution < -0.4 is 10.6 Å². The molecule has 0 aromatic heterocycles. The fourth-order valence-electron chi connectivity index (χ4n) is 4.14. The van der Waals surface area contributed by atoms with Crippen molar-refractivity contribution in [1.29, 1.82) is 0 Å². The van der Waals surface area contributed by atoms with E-state index >= 15 is 0 Å². The molecule has 1 aromatic rings. The first-order valence-electron chi connectivity index (χ1n) is 8.05. The first-order valence-corrected chi connectivity index (χ1v) is 8.05. The second-order valence-electron chi connectivity index (χ2n) is 7.35. The zero-order valence-electron chi connectivity index (χ0n) is 13.4. The highest BCUT2D eigenvalue weighted by Gasteiger charge is 2.38. The third-order valence-corrected chi connectivity index (χ3v) is 5.61. The van der Waals surface area contributed by atoms with E-state index in [9.17, 15) is 4.79 Å². The Kier molecular flexibility index (Phi) is 3.56. The van der Waals surface area contributed by atoms with Crippen molar-refractivity contribution >= 4 is 11.6 Å². The number of benzene rings is 1. The van der Waals surface area contributed by atoms with Gasteiger partial charge < -0.3 is 10.6 Å². The quantitative estimate of drug-likeness (QED) is 0.905. The maximum Gasteiger partial charge on any atom is 0.227 e. The number of nitrogens with two attached hydrogens (primary N) is 1. The van der Waals surface area contributed by atoms with Crippen LogP contribution in [0.4, 0.5) is 5.69 Å². The van der Waals surface area contributed by atoms with Gasteiger partial charge in [-0.25, -0.2) is 0 Å². The number of amides is 1. The summed E-state index contributed by atoms with van der Waals surface area (Å²) in [5, 5.41) is 0. The monoisotopic (exact) mass is 286 g/mol. The fraction of sp³-hybridized carbons (Fsp3) is 0.611. The lowest BCUT2D eigenvalue weighted by molar-refractivity contribution is -0.118. The second kappa shape index (κ2) is 5.13. The number of hydrogen-bond donors (Lipinski definition) is 1. The van der Waals surface area contributed by atoms with Gasteiger partial charge >= 0.3 is 0 Å². The Morgan fingerprint density at radius 3 is 2.76 bits per heavy atom. The van der Waals surface area contributed by atoms with Crippen LogP contribution in [-0.4, -0.2) is 13.0 Å². The minimum Gasteiger partial charge on any atom is -0.324 e. The Labute approximate surface area is 127 Å². The van der Waals surface area contributed by atoms with Gasteiger partial charge in [-0.3, -0.25) is 4.79 Å². The lowest BCUT2D eigenvalue weighted by Gasteiger charge is -2.33. The molecule has 0 radical (unpaired) electrons. The number of fused-ring (bicyclic) bond motifs is 1. The van der Waals surface area contributed by atoms with Gasteiger partial charge in [0.15, 0.2) is 0 Å². The number of hydrogen-bond acceptors (Lipinski definition) is 2. The van der Waals surface area contributed by atoms with Gasteiger partial charge in [0.05, 0.1) is 0 Å². The van der Waals surface area contributed by atoms with Gasteiger partial charge in [0.25, 0.3) is 0 Å².